The average Bonchev–Trinajstić information content (AvgIpc) is 1.58. The van der Waals surface area contributed by atoms with E-state index in [-0.39, 0.29) is 168 Å². The van der Waals surface area contributed by atoms with Crippen LogP contribution in [0.15, 0.2) is 0 Å². The molecule has 14 heavy (non-hydrogen) atoms. The molecule has 0 aromatic heterocycles. The van der Waals surface area contributed by atoms with Crippen molar-refractivity contribution < 1.29 is 198 Å². The van der Waals surface area contributed by atoms with Crippen molar-refractivity contribution in [3.63, 3.8) is 0 Å². The smallest absolute Gasteiger partial charge is 1.00 e. The maximum absolute atomic E-state index is 9.91. The van der Waals surface area contributed by atoms with Gasteiger partial charge in [0.15, 0.2) is 0 Å². The summed E-state index contributed by atoms with van der Waals surface area (Å²) < 4.78 is 41.6. The van der Waals surface area contributed by atoms with Gasteiger partial charge in [-0.1, -0.05) is 0 Å². The van der Waals surface area contributed by atoms with Crippen LogP contribution in [0.3, 0.4) is 0 Å². The fourth-order valence-electron chi connectivity index (χ4n) is 0.130. The second kappa shape index (κ2) is 20.1. The molecule has 0 aliphatic rings. The van der Waals surface area contributed by atoms with Crippen LogP contribution < -0.4 is 162 Å². The van der Waals surface area contributed by atoms with Gasteiger partial charge in [0.05, 0.1) is 0 Å². The molecule has 0 aliphatic heterocycles. The van der Waals surface area contributed by atoms with Crippen molar-refractivity contribution >= 4 is 28.9 Å². The molecule has 7 nitrogen and oxygen atoms in total. The molecule has 0 fully saturated rings. The summed E-state index contributed by atoms with van der Waals surface area (Å²) in [5, 5.41) is 0. The third-order valence-electron chi connectivity index (χ3n) is 0.279. The first-order chi connectivity index (χ1) is 4.52. The Morgan fingerprint density at radius 2 is 1.21 bits per heavy atom. The Labute approximate surface area is 221 Å². The summed E-state index contributed by atoms with van der Waals surface area (Å²) in [4.78, 5) is 9.91. The summed E-state index contributed by atoms with van der Waals surface area (Å²) in [7, 11) is 0. The SMILES string of the molecule is O=C(OS(=O)O)OS(=O)O.[H-].[H-].[H-].[H-].[K+].[K+].[Na+].[Na+]. The standard InChI is InChI=1S/CH2O7S2.2K.2Na.4H/c2-1(7-9(3)4)8-10(5)6;;;;;;;;/h(H,3,4)(H,5,6);;;;;;;;/q;4*+1;4*-1. The zero-order chi connectivity index (χ0) is 8.15. The van der Waals surface area contributed by atoms with Gasteiger partial charge in [-0.3, -0.25) is 9.11 Å². The maximum atomic E-state index is 9.91. The molecule has 68 valence electrons. The van der Waals surface area contributed by atoms with Gasteiger partial charge in [-0.2, -0.15) is 8.42 Å². The first kappa shape index (κ1) is 31.3. The topological polar surface area (TPSA) is 110 Å². The summed E-state index contributed by atoms with van der Waals surface area (Å²) in [6.45, 7) is 0. The van der Waals surface area contributed by atoms with Crippen LogP contribution in [0, 0.1) is 0 Å². The minimum atomic E-state index is -2.83. The van der Waals surface area contributed by atoms with E-state index in [1.807, 2.05) is 0 Å². The predicted molar refractivity (Wildman–Crippen MR) is 33.6 cm³/mol. The molecule has 0 bridgehead atoms. The minimum Gasteiger partial charge on any atom is -1.00 e. The molecule has 2 N–H and O–H groups in total. The summed E-state index contributed by atoms with van der Waals surface area (Å²) in [5.74, 6) is 0. The molecule has 0 aliphatic carbocycles. The fraction of sp³-hybridized carbons (Fsp3) is 0. The number of hydrogen-bond acceptors (Lipinski definition) is 5. The van der Waals surface area contributed by atoms with Crippen LogP contribution in [0.25, 0.3) is 0 Å². The van der Waals surface area contributed by atoms with E-state index in [9.17, 15) is 13.2 Å². The van der Waals surface area contributed by atoms with Crippen molar-refractivity contribution in [2.45, 2.75) is 0 Å². The van der Waals surface area contributed by atoms with E-state index >= 15 is 0 Å². The molecule has 2 unspecified atom stereocenters. The Balaban J connectivity index is -0.0000000145. The van der Waals surface area contributed by atoms with Crippen LogP contribution in [0.4, 0.5) is 4.79 Å². The first-order valence-electron chi connectivity index (χ1n) is 1.64. The van der Waals surface area contributed by atoms with Crippen LogP contribution in [0.5, 0.6) is 0 Å². The Hall–Kier alpha value is 4.76. The van der Waals surface area contributed by atoms with Gasteiger partial charge in [-0.05, 0) is 0 Å². The Morgan fingerprint density at radius 3 is 1.36 bits per heavy atom. The molecule has 0 aromatic rings. The third-order valence-corrected chi connectivity index (χ3v) is 0.836. The molecular formula is CH6K2Na2O7S2. The van der Waals surface area contributed by atoms with E-state index in [4.69, 9.17) is 9.11 Å². The van der Waals surface area contributed by atoms with Crippen molar-refractivity contribution in [2.24, 2.45) is 0 Å². The quantitative estimate of drug-likeness (QED) is 0.384. The van der Waals surface area contributed by atoms with Crippen molar-refractivity contribution in [2.75, 3.05) is 0 Å². The average molecular weight is 318 g/mol. The van der Waals surface area contributed by atoms with E-state index in [0.29, 0.717) is 0 Å². The zero-order valence-corrected chi connectivity index (χ0v) is 20.1. The molecule has 0 rings (SSSR count). The number of carbonyl (C=O) groups excluding carboxylic acids is 1. The van der Waals surface area contributed by atoms with Crippen LogP contribution in [-0.4, -0.2) is 23.7 Å². The van der Waals surface area contributed by atoms with E-state index in [2.05, 4.69) is 8.37 Å². The maximum Gasteiger partial charge on any atom is 1.00 e. The van der Waals surface area contributed by atoms with Gasteiger partial charge in [0.2, 0.25) is 0 Å². The number of rotatable bonds is 2. The first-order valence-corrected chi connectivity index (χ1v) is 3.71. The van der Waals surface area contributed by atoms with E-state index in [1.54, 1.807) is 0 Å². The predicted octanol–water partition coefficient (Wildman–Crippen LogP) is -12.1. The summed E-state index contributed by atoms with van der Waals surface area (Å²) in [6.07, 6.45) is -1.69. The molecule has 0 radical (unpaired) electrons. The van der Waals surface area contributed by atoms with Crippen molar-refractivity contribution in [3.05, 3.63) is 0 Å². The van der Waals surface area contributed by atoms with Crippen LogP contribution in [0.2, 0.25) is 0 Å². The second-order valence-electron chi connectivity index (χ2n) is 0.851. The van der Waals surface area contributed by atoms with Crippen LogP contribution >= 0.6 is 0 Å². The van der Waals surface area contributed by atoms with Gasteiger partial charge < -0.3 is 14.1 Å². The van der Waals surface area contributed by atoms with Gasteiger partial charge in [-0.25, -0.2) is 4.79 Å². The molecule has 2 atom stereocenters. The summed E-state index contributed by atoms with van der Waals surface area (Å²) in [6, 6.07) is 0. The molecule has 0 aromatic carbocycles. The Kier molecular flexibility index (Phi) is 44.8. The second-order valence-corrected chi connectivity index (χ2v) is 2.05. The zero-order valence-electron chi connectivity index (χ0n) is 12.3. The van der Waals surface area contributed by atoms with E-state index in [1.165, 1.54) is 0 Å². The third kappa shape index (κ3) is 25.6. The van der Waals surface area contributed by atoms with Gasteiger partial charge in [0.25, 0.3) is 0 Å². The van der Waals surface area contributed by atoms with E-state index < -0.39 is 28.9 Å². The monoisotopic (exact) mass is 318 g/mol. The molecule has 0 amide bonds. The molecule has 0 heterocycles. The summed E-state index contributed by atoms with van der Waals surface area (Å²) >= 11 is -5.66. The van der Waals surface area contributed by atoms with Gasteiger partial charge in [0.1, 0.15) is 0 Å². The van der Waals surface area contributed by atoms with Crippen molar-refractivity contribution in [1.82, 2.24) is 0 Å². The van der Waals surface area contributed by atoms with Crippen LogP contribution in [-0.2, 0) is 31.1 Å². The largest absolute Gasteiger partial charge is 1.00 e. The normalized spacial score (nSPS) is 11.0. The van der Waals surface area contributed by atoms with Crippen LogP contribution in [0.1, 0.15) is 5.71 Å². The molecule has 13 heteroatoms. The van der Waals surface area contributed by atoms with Gasteiger partial charge in [0, 0.05) is 0 Å². The number of hydrogen-bond donors (Lipinski definition) is 2. The molecular weight excluding hydrogens is 312 g/mol. The van der Waals surface area contributed by atoms with Crippen molar-refractivity contribution in [1.29, 1.82) is 0 Å². The summed E-state index contributed by atoms with van der Waals surface area (Å²) in [5.41, 5.74) is 0. The van der Waals surface area contributed by atoms with Crippen molar-refractivity contribution in [3.8, 4) is 0 Å². The molecule has 0 saturated carbocycles. The molecule has 0 spiro atoms. The Morgan fingerprint density at radius 1 is 1.00 bits per heavy atom. The Bertz CT molecular complexity index is 184. The molecule has 0 saturated heterocycles. The van der Waals surface area contributed by atoms with E-state index in [0.717, 1.165) is 0 Å². The minimum absolute atomic E-state index is 0. The van der Waals surface area contributed by atoms with Gasteiger partial charge in [-0.15, -0.1) is 0 Å². The van der Waals surface area contributed by atoms with Gasteiger partial charge >= 0.3 is 191 Å². The number of carbonyl (C=O) groups is 1. The fourth-order valence-corrected chi connectivity index (χ4v) is 0.474.